The molecule has 3 aromatic rings. The van der Waals surface area contributed by atoms with Gasteiger partial charge in [0.05, 0.1) is 25.0 Å². The van der Waals surface area contributed by atoms with Gasteiger partial charge in [-0.1, -0.05) is 60.2 Å². The highest BCUT2D eigenvalue weighted by molar-refractivity contribution is 14.0. The second-order valence-electron chi connectivity index (χ2n) is 6.15. The van der Waals surface area contributed by atoms with Gasteiger partial charge in [-0.3, -0.25) is 0 Å². The van der Waals surface area contributed by atoms with Gasteiger partial charge < -0.3 is 15.6 Å². The highest BCUT2D eigenvalue weighted by Gasteiger charge is 2.04. The molecule has 27 heavy (non-hydrogen) atoms. The lowest BCUT2D eigenvalue weighted by molar-refractivity contribution is 0.786. The van der Waals surface area contributed by atoms with Crippen LogP contribution in [0.1, 0.15) is 23.9 Å². The number of H-pyrrole nitrogens is 1. The number of nitrogens with zero attached hydrogens (tertiary/aromatic N) is 2. The molecular formula is C21H26IN5. The number of hydrogen-bond donors (Lipinski definition) is 3. The van der Waals surface area contributed by atoms with Crippen molar-refractivity contribution in [1.29, 1.82) is 0 Å². The molecule has 3 N–H and O–H groups in total. The predicted octanol–water partition coefficient (Wildman–Crippen LogP) is 4.26. The van der Waals surface area contributed by atoms with Gasteiger partial charge in [-0.2, -0.15) is 0 Å². The number of nitrogens with one attached hydrogen (secondary N) is 3. The minimum Gasteiger partial charge on any atom is -0.357 e. The van der Waals surface area contributed by atoms with Crippen molar-refractivity contribution in [1.82, 2.24) is 20.6 Å². The Hall–Kier alpha value is -2.35. The Morgan fingerprint density at radius 1 is 1.07 bits per heavy atom. The van der Waals surface area contributed by atoms with E-state index in [1.165, 1.54) is 11.1 Å². The van der Waals surface area contributed by atoms with Crippen LogP contribution in [-0.4, -0.2) is 22.5 Å². The summed E-state index contributed by atoms with van der Waals surface area (Å²) in [5.41, 5.74) is 4.60. The maximum Gasteiger partial charge on any atom is 0.191 e. The summed E-state index contributed by atoms with van der Waals surface area (Å²) in [7, 11) is 0. The van der Waals surface area contributed by atoms with E-state index in [4.69, 9.17) is 0 Å². The molecule has 0 aliphatic rings. The molecule has 0 unspecified atom stereocenters. The Balaban J connectivity index is 0.00000261. The molecule has 2 aromatic carbocycles. The van der Waals surface area contributed by atoms with Crippen molar-refractivity contribution in [2.45, 2.75) is 26.9 Å². The topological polar surface area (TPSA) is 65.1 Å². The number of aliphatic imine (C=N–C) groups is 1. The molecular weight excluding hydrogens is 449 g/mol. The van der Waals surface area contributed by atoms with Crippen LogP contribution in [0, 0.1) is 6.92 Å². The fourth-order valence-corrected chi connectivity index (χ4v) is 2.71. The molecule has 0 bridgehead atoms. The van der Waals surface area contributed by atoms with E-state index in [1.807, 2.05) is 24.4 Å². The van der Waals surface area contributed by atoms with Crippen molar-refractivity contribution in [2.75, 3.05) is 6.54 Å². The standard InChI is InChI=1S/C21H25N5.HI/c1-3-22-21(24-13-17-9-7-8-16(2)12-17)25-15-20-23-14-19(26-20)18-10-5-4-6-11-18;/h4-12,14H,3,13,15H2,1-2H3,(H,23,26)(H2,22,24,25);1H. The maximum atomic E-state index is 4.66. The first kappa shape index (κ1) is 21.0. The van der Waals surface area contributed by atoms with Crippen LogP contribution in [0.25, 0.3) is 11.3 Å². The van der Waals surface area contributed by atoms with Gasteiger partial charge in [0.2, 0.25) is 0 Å². The maximum absolute atomic E-state index is 4.66. The highest BCUT2D eigenvalue weighted by atomic mass is 127. The van der Waals surface area contributed by atoms with Crippen LogP contribution in [0.2, 0.25) is 0 Å². The van der Waals surface area contributed by atoms with Gasteiger partial charge in [0.1, 0.15) is 5.82 Å². The van der Waals surface area contributed by atoms with Crippen molar-refractivity contribution in [3.05, 3.63) is 77.7 Å². The number of guanidine groups is 1. The smallest absolute Gasteiger partial charge is 0.191 e. The second-order valence-corrected chi connectivity index (χ2v) is 6.15. The van der Waals surface area contributed by atoms with Crippen LogP contribution in [0.4, 0.5) is 0 Å². The summed E-state index contributed by atoms with van der Waals surface area (Å²) in [5.74, 6) is 1.66. The van der Waals surface area contributed by atoms with Crippen LogP contribution < -0.4 is 10.6 Å². The number of halogens is 1. The van der Waals surface area contributed by atoms with Gasteiger partial charge in [0.15, 0.2) is 5.96 Å². The molecule has 0 saturated carbocycles. The Morgan fingerprint density at radius 3 is 2.63 bits per heavy atom. The summed E-state index contributed by atoms with van der Waals surface area (Å²) in [6.07, 6.45) is 1.86. The first-order chi connectivity index (χ1) is 12.7. The number of hydrogen-bond acceptors (Lipinski definition) is 2. The minimum absolute atomic E-state index is 0. The van der Waals surface area contributed by atoms with E-state index in [2.05, 4.69) is 75.8 Å². The second kappa shape index (κ2) is 10.7. The van der Waals surface area contributed by atoms with Crippen molar-refractivity contribution < 1.29 is 0 Å². The van der Waals surface area contributed by atoms with Gasteiger partial charge in [-0.25, -0.2) is 9.98 Å². The van der Waals surface area contributed by atoms with Crippen LogP contribution in [-0.2, 0) is 13.1 Å². The Kier molecular flexibility index (Phi) is 8.32. The lowest BCUT2D eigenvalue weighted by atomic mass is 10.1. The average molecular weight is 475 g/mol. The van der Waals surface area contributed by atoms with E-state index in [0.29, 0.717) is 13.1 Å². The summed E-state index contributed by atoms with van der Waals surface area (Å²) >= 11 is 0. The van der Waals surface area contributed by atoms with Crippen LogP contribution >= 0.6 is 24.0 Å². The molecule has 0 aliphatic carbocycles. The molecule has 0 saturated heterocycles. The molecule has 0 fully saturated rings. The van der Waals surface area contributed by atoms with Gasteiger partial charge in [0, 0.05) is 6.54 Å². The lowest BCUT2D eigenvalue weighted by Crippen LogP contribution is -2.37. The van der Waals surface area contributed by atoms with Gasteiger partial charge in [0.25, 0.3) is 0 Å². The third-order valence-corrected chi connectivity index (χ3v) is 3.98. The van der Waals surface area contributed by atoms with Gasteiger partial charge in [-0.15, -0.1) is 24.0 Å². The van der Waals surface area contributed by atoms with Gasteiger partial charge >= 0.3 is 0 Å². The molecule has 6 heteroatoms. The molecule has 0 radical (unpaired) electrons. The molecule has 5 nitrogen and oxygen atoms in total. The van der Waals surface area contributed by atoms with E-state index < -0.39 is 0 Å². The summed E-state index contributed by atoms with van der Waals surface area (Å²) in [5, 5.41) is 6.61. The predicted molar refractivity (Wildman–Crippen MR) is 122 cm³/mol. The molecule has 3 rings (SSSR count). The fourth-order valence-electron chi connectivity index (χ4n) is 2.71. The first-order valence-corrected chi connectivity index (χ1v) is 8.91. The summed E-state index contributed by atoms with van der Waals surface area (Å²) in [6.45, 7) is 6.20. The van der Waals surface area contributed by atoms with Crippen LogP contribution in [0.5, 0.6) is 0 Å². The average Bonchev–Trinajstić information content (AvgIpc) is 3.14. The Bertz CT molecular complexity index is 858. The lowest BCUT2D eigenvalue weighted by Gasteiger charge is -2.10. The molecule has 0 amide bonds. The summed E-state index contributed by atoms with van der Waals surface area (Å²) in [6, 6.07) is 18.6. The number of aromatic amines is 1. The molecule has 142 valence electrons. The number of imidazole rings is 1. The first-order valence-electron chi connectivity index (χ1n) is 8.91. The van der Waals surface area contributed by atoms with E-state index in [9.17, 15) is 0 Å². The SMILES string of the molecule is CCNC(=NCc1cccc(C)c1)NCc1ncc(-c2ccccc2)[nH]1.I. The third kappa shape index (κ3) is 6.39. The van der Waals surface area contributed by atoms with Crippen molar-refractivity contribution >= 4 is 29.9 Å². The van der Waals surface area contributed by atoms with Crippen molar-refractivity contribution in [2.24, 2.45) is 4.99 Å². The van der Waals surface area contributed by atoms with E-state index in [0.717, 1.165) is 29.6 Å². The Morgan fingerprint density at radius 2 is 1.89 bits per heavy atom. The van der Waals surface area contributed by atoms with E-state index >= 15 is 0 Å². The number of aromatic nitrogens is 2. The molecule has 1 heterocycles. The van der Waals surface area contributed by atoms with Crippen LogP contribution in [0.15, 0.2) is 65.8 Å². The third-order valence-electron chi connectivity index (χ3n) is 3.98. The number of benzene rings is 2. The van der Waals surface area contributed by atoms with Crippen molar-refractivity contribution in [3.63, 3.8) is 0 Å². The zero-order valence-corrected chi connectivity index (χ0v) is 18.0. The molecule has 0 atom stereocenters. The van der Waals surface area contributed by atoms with Gasteiger partial charge in [-0.05, 0) is 25.0 Å². The van der Waals surface area contributed by atoms with E-state index in [-0.39, 0.29) is 24.0 Å². The monoisotopic (exact) mass is 475 g/mol. The molecule has 0 spiro atoms. The molecule has 0 aliphatic heterocycles. The quantitative estimate of drug-likeness (QED) is 0.284. The summed E-state index contributed by atoms with van der Waals surface area (Å²) < 4.78 is 0. The van der Waals surface area contributed by atoms with E-state index in [1.54, 1.807) is 0 Å². The normalized spacial score (nSPS) is 11.0. The highest BCUT2D eigenvalue weighted by Crippen LogP contribution is 2.15. The van der Waals surface area contributed by atoms with Crippen molar-refractivity contribution in [3.8, 4) is 11.3 Å². The Labute approximate surface area is 177 Å². The van der Waals surface area contributed by atoms with Crippen LogP contribution in [0.3, 0.4) is 0 Å². The number of rotatable bonds is 6. The molecule has 1 aromatic heterocycles. The number of aryl methyl sites for hydroxylation is 1. The zero-order chi connectivity index (χ0) is 18.2. The minimum atomic E-state index is 0. The fraction of sp³-hybridized carbons (Fsp3) is 0.238. The largest absolute Gasteiger partial charge is 0.357 e. The zero-order valence-electron chi connectivity index (χ0n) is 15.7. The summed E-state index contributed by atoms with van der Waals surface area (Å²) in [4.78, 5) is 12.5.